The van der Waals surface area contributed by atoms with Crippen LogP contribution in [0.15, 0.2) is 70.1 Å². The fourth-order valence-electron chi connectivity index (χ4n) is 3.11. The first-order chi connectivity index (χ1) is 14.8. The monoisotopic (exact) mass is 430 g/mol. The number of hydrogen-bond donors (Lipinski definition) is 0. The second-order valence-corrected chi connectivity index (χ2v) is 8.18. The summed E-state index contributed by atoms with van der Waals surface area (Å²) in [5.41, 5.74) is 7.29. The van der Waals surface area contributed by atoms with Crippen LogP contribution in [-0.2, 0) is 0 Å². The topological polar surface area (TPSA) is 18.5 Å². The number of ether oxygens (including phenoxy) is 2. The Kier molecular flexibility index (Phi) is 6.47. The summed E-state index contributed by atoms with van der Waals surface area (Å²) in [6.07, 6.45) is 8.65. The van der Waals surface area contributed by atoms with Gasteiger partial charge in [0.1, 0.15) is 11.5 Å². The molecule has 0 aliphatic rings. The van der Waals surface area contributed by atoms with Crippen LogP contribution in [0.4, 0.5) is 0 Å². The van der Waals surface area contributed by atoms with E-state index in [1.54, 1.807) is 36.9 Å². The lowest BCUT2D eigenvalue weighted by atomic mass is 10.0. The number of methoxy groups -OCH3 is 2. The average molecular weight is 431 g/mol. The molecule has 30 heavy (non-hydrogen) atoms. The van der Waals surface area contributed by atoms with E-state index in [1.807, 2.05) is 24.3 Å². The second kappa shape index (κ2) is 9.61. The fraction of sp³-hybridized carbons (Fsp3) is 0.0769. The van der Waals surface area contributed by atoms with E-state index in [2.05, 4.69) is 70.1 Å². The molecule has 0 aliphatic heterocycles. The van der Waals surface area contributed by atoms with E-state index in [0.29, 0.717) is 0 Å². The molecule has 0 aliphatic carbocycles. The summed E-state index contributed by atoms with van der Waals surface area (Å²) in [5.74, 6) is 1.74. The molecule has 0 unspecified atom stereocenters. The molecule has 4 aromatic rings. The van der Waals surface area contributed by atoms with Gasteiger partial charge in [-0.15, -0.1) is 0 Å². The summed E-state index contributed by atoms with van der Waals surface area (Å²) in [6, 6.07) is 16.2. The average Bonchev–Trinajstić information content (AvgIpc) is 3.45. The Labute approximate surface area is 185 Å². The molecule has 4 rings (SSSR count). The molecule has 0 saturated carbocycles. The normalized spacial score (nSPS) is 11.4. The Bertz CT molecular complexity index is 1050. The number of benzene rings is 2. The van der Waals surface area contributed by atoms with Crippen molar-refractivity contribution < 1.29 is 9.47 Å². The van der Waals surface area contributed by atoms with E-state index in [9.17, 15) is 0 Å². The minimum Gasteiger partial charge on any atom is -0.497 e. The van der Waals surface area contributed by atoms with Crippen molar-refractivity contribution >= 4 is 47.0 Å². The van der Waals surface area contributed by atoms with Crippen molar-refractivity contribution in [3.8, 4) is 22.6 Å². The molecule has 4 heteroatoms. The predicted molar refractivity (Wildman–Crippen MR) is 131 cm³/mol. The van der Waals surface area contributed by atoms with E-state index in [4.69, 9.17) is 9.47 Å². The fourth-order valence-corrected chi connectivity index (χ4v) is 4.75. The van der Waals surface area contributed by atoms with Crippen molar-refractivity contribution in [3.05, 3.63) is 92.3 Å². The molecule has 2 aromatic carbocycles. The highest BCUT2D eigenvalue weighted by Crippen LogP contribution is 2.35. The third-order valence-electron chi connectivity index (χ3n) is 4.82. The smallest absolute Gasteiger partial charge is 0.118 e. The van der Waals surface area contributed by atoms with Crippen molar-refractivity contribution in [2.24, 2.45) is 0 Å². The first kappa shape index (κ1) is 20.2. The first-order valence-corrected chi connectivity index (χ1v) is 11.4. The molecule has 0 amide bonds. The van der Waals surface area contributed by atoms with Gasteiger partial charge in [-0.2, -0.15) is 22.7 Å². The van der Waals surface area contributed by atoms with Crippen LogP contribution in [0.1, 0.15) is 22.3 Å². The molecule has 0 bridgehead atoms. The van der Waals surface area contributed by atoms with Gasteiger partial charge in [-0.3, -0.25) is 0 Å². The van der Waals surface area contributed by atoms with Gasteiger partial charge < -0.3 is 9.47 Å². The van der Waals surface area contributed by atoms with Crippen molar-refractivity contribution in [1.29, 1.82) is 0 Å². The lowest BCUT2D eigenvalue weighted by Crippen LogP contribution is -1.82. The summed E-state index contributed by atoms with van der Waals surface area (Å²) in [7, 11) is 3.37. The molecule has 0 saturated heterocycles. The maximum Gasteiger partial charge on any atom is 0.118 e. The number of hydrogen-bond acceptors (Lipinski definition) is 4. The van der Waals surface area contributed by atoms with Crippen molar-refractivity contribution in [1.82, 2.24) is 0 Å². The Balaban J connectivity index is 1.56. The molecule has 0 atom stereocenters. The van der Waals surface area contributed by atoms with Gasteiger partial charge >= 0.3 is 0 Å². The Morgan fingerprint density at radius 2 is 0.933 bits per heavy atom. The predicted octanol–water partition coefficient (Wildman–Crippen LogP) is 7.83. The van der Waals surface area contributed by atoms with Crippen LogP contribution >= 0.6 is 22.7 Å². The highest BCUT2D eigenvalue weighted by molar-refractivity contribution is 7.09. The summed E-state index contributed by atoms with van der Waals surface area (Å²) >= 11 is 3.46. The molecule has 0 N–H and O–H groups in total. The van der Waals surface area contributed by atoms with E-state index >= 15 is 0 Å². The summed E-state index contributed by atoms with van der Waals surface area (Å²) in [4.78, 5) is 0. The zero-order valence-electron chi connectivity index (χ0n) is 16.9. The molecule has 0 spiro atoms. The van der Waals surface area contributed by atoms with Crippen LogP contribution < -0.4 is 9.47 Å². The Morgan fingerprint density at radius 1 is 0.533 bits per heavy atom. The molecular weight excluding hydrogens is 408 g/mol. The third-order valence-corrected chi connectivity index (χ3v) is 6.34. The highest BCUT2D eigenvalue weighted by atomic mass is 32.1. The van der Waals surface area contributed by atoms with Gasteiger partial charge in [0.15, 0.2) is 0 Å². The van der Waals surface area contributed by atoms with Gasteiger partial charge in [-0.05, 0) is 68.0 Å². The zero-order chi connectivity index (χ0) is 20.8. The molecule has 0 fully saturated rings. The zero-order valence-corrected chi connectivity index (χ0v) is 18.5. The molecular formula is C26H22O2S2. The van der Waals surface area contributed by atoms with Crippen LogP contribution in [0.2, 0.25) is 0 Å². The van der Waals surface area contributed by atoms with E-state index in [1.165, 1.54) is 22.3 Å². The lowest BCUT2D eigenvalue weighted by molar-refractivity contribution is 0.414. The highest BCUT2D eigenvalue weighted by Gasteiger charge is 2.09. The van der Waals surface area contributed by atoms with Gasteiger partial charge in [-0.1, -0.05) is 48.6 Å². The summed E-state index contributed by atoms with van der Waals surface area (Å²) in [5, 5.41) is 8.84. The van der Waals surface area contributed by atoms with Crippen molar-refractivity contribution in [3.63, 3.8) is 0 Å². The van der Waals surface area contributed by atoms with E-state index < -0.39 is 0 Å². The molecule has 2 heterocycles. The molecule has 150 valence electrons. The van der Waals surface area contributed by atoms with Gasteiger partial charge in [-0.25, -0.2) is 0 Å². The Hall–Kier alpha value is -3.08. The number of thiophene rings is 2. The molecule has 2 aromatic heterocycles. The number of rotatable bonds is 7. The van der Waals surface area contributed by atoms with Crippen LogP contribution in [0, 0.1) is 0 Å². The SMILES string of the molecule is COc1ccc(C=Cc2cscc2-c2cscc2C=Cc2ccc(OC)cc2)cc1. The second-order valence-electron chi connectivity index (χ2n) is 6.69. The van der Waals surface area contributed by atoms with Gasteiger partial charge in [0.05, 0.1) is 14.2 Å². The first-order valence-electron chi connectivity index (χ1n) is 9.54. The summed E-state index contributed by atoms with van der Waals surface area (Å²) < 4.78 is 10.5. The van der Waals surface area contributed by atoms with Gasteiger partial charge in [0.2, 0.25) is 0 Å². The van der Waals surface area contributed by atoms with Crippen LogP contribution in [0.3, 0.4) is 0 Å². The van der Waals surface area contributed by atoms with Gasteiger partial charge in [0, 0.05) is 11.1 Å². The van der Waals surface area contributed by atoms with Crippen molar-refractivity contribution in [2.75, 3.05) is 14.2 Å². The quantitative estimate of drug-likeness (QED) is 0.297. The van der Waals surface area contributed by atoms with Crippen LogP contribution in [-0.4, -0.2) is 14.2 Å². The van der Waals surface area contributed by atoms with Crippen molar-refractivity contribution in [2.45, 2.75) is 0 Å². The largest absolute Gasteiger partial charge is 0.497 e. The standard InChI is InChI=1S/C26H22O2S2/c1-27-23-11-5-19(6-12-23)3-9-21-15-29-17-25(21)26-18-30-16-22(26)10-4-20-7-13-24(28-2)14-8-20/h3-18H,1-2H3. The maximum atomic E-state index is 5.23. The minimum atomic E-state index is 0.870. The van der Waals surface area contributed by atoms with E-state index in [0.717, 1.165) is 22.6 Å². The third kappa shape index (κ3) is 4.73. The van der Waals surface area contributed by atoms with Gasteiger partial charge in [0.25, 0.3) is 0 Å². The lowest BCUT2D eigenvalue weighted by Gasteiger charge is -2.02. The van der Waals surface area contributed by atoms with E-state index in [-0.39, 0.29) is 0 Å². The molecule has 0 radical (unpaired) electrons. The maximum absolute atomic E-state index is 5.23. The minimum absolute atomic E-state index is 0.870. The van der Waals surface area contributed by atoms with Crippen LogP contribution in [0.5, 0.6) is 11.5 Å². The van der Waals surface area contributed by atoms with Crippen LogP contribution in [0.25, 0.3) is 35.4 Å². The molecule has 2 nitrogen and oxygen atoms in total. The summed E-state index contributed by atoms with van der Waals surface area (Å²) in [6.45, 7) is 0. The Morgan fingerprint density at radius 3 is 1.30 bits per heavy atom.